The zero-order valence-corrected chi connectivity index (χ0v) is 14.0. The molecular weight excluding hydrogens is 359 g/mol. The summed E-state index contributed by atoms with van der Waals surface area (Å²) in [4.78, 5) is 20.0. The van der Waals surface area contributed by atoms with Crippen molar-refractivity contribution in [2.75, 3.05) is 12.8 Å². The van der Waals surface area contributed by atoms with E-state index in [9.17, 15) is 26.4 Å². The van der Waals surface area contributed by atoms with Gasteiger partial charge >= 0.3 is 0 Å². The molecule has 1 aromatic carbocycles. The number of nitrogens with one attached hydrogen (secondary N) is 1. The van der Waals surface area contributed by atoms with Crippen molar-refractivity contribution in [3.63, 3.8) is 0 Å². The van der Waals surface area contributed by atoms with Crippen molar-refractivity contribution in [2.24, 2.45) is 0 Å². The van der Waals surface area contributed by atoms with Gasteiger partial charge in [0, 0.05) is 31.5 Å². The van der Waals surface area contributed by atoms with E-state index in [0.29, 0.717) is 24.2 Å². The Labute approximate surface area is 141 Å². The van der Waals surface area contributed by atoms with E-state index in [0.717, 1.165) is 18.4 Å². The molecule has 0 unspecified atom stereocenters. The minimum absolute atomic E-state index is 0.107. The van der Waals surface area contributed by atoms with Gasteiger partial charge < -0.3 is 0 Å². The van der Waals surface area contributed by atoms with Crippen LogP contribution in [0.25, 0.3) is 0 Å². The third kappa shape index (κ3) is 3.59. The van der Waals surface area contributed by atoms with Crippen LogP contribution in [0.4, 0.5) is 13.2 Å². The average molecular weight is 373 g/mol. The molecular formula is C15H14F3N3O3S. The van der Waals surface area contributed by atoms with E-state index < -0.39 is 38.0 Å². The largest absolute Gasteiger partial charge is 0.297 e. The van der Waals surface area contributed by atoms with Crippen molar-refractivity contribution in [2.45, 2.75) is 24.7 Å². The van der Waals surface area contributed by atoms with Crippen molar-refractivity contribution in [1.82, 2.24) is 14.9 Å². The molecule has 10 heteroatoms. The lowest BCUT2D eigenvalue weighted by Gasteiger charge is -2.27. The van der Waals surface area contributed by atoms with Gasteiger partial charge in [0.15, 0.2) is 17.5 Å². The molecule has 0 radical (unpaired) electrons. The van der Waals surface area contributed by atoms with E-state index in [-0.39, 0.29) is 18.7 Å². The smallest absolute Gasteiger partial charge is 0.255 e. The number of nitrogens with zero attached hydrogens (tertiary/aromatic N) is 2. The Hall–Kier alpha value is -2.20. The summed E-state index contributed by atoms with van der Waals surface area (Å²) in [6.45, 7) is 0.662. The van der Waals surface area contributed by atoms with E-state index in [1.807, 2.05) is 0 Å². The number of hydrogen-bond donors (Lipinski definition) is 1. The molecule has 0 spiro atoms. The van der Waals surface area contributed by atoms with E-state index in [1.54, 1.807) is 4.90 Å². The Morgan fingerprint density at radius 1 is 1.24 bits per heavy atom. The summed E-state index contributed by atoms with van der Waals surface area (Å²) in [5.74, 6) is -4.08. The molecule has 1 aliphatic rings. The summed E-state index contributed by atoms with van der Waals surface area (Å²) in [7, 11) is -3.68. The summed E-state index contributed by atoms with van der Waals surface area (Å²) in [5.41, 5.74) is 0.413. The first-order chi connectivity index (χ1) is 11.6. The molecule has 2 aromatic rings. The predicted octanol–water partition coefficient (Wildman–Crippen LogP) is 1.15. The normalized spacial score (nSPS) is 15.2. The molecule has 2 heterocycles. The standard InChI is InChI=1S/C15H14F3N3O3S/c1-25(23,24)15-19-12-7-21(3-2-9(12)14(22)20-15)6-8-4-10(16)13(18)11(17)5-8/h4-5H,2-3,6-7H2,1H3,(H,19,20,22). The van der Waals surface area contributed by atoms with Crippen molar-refractivity contribution in [3.8, 4) is 0 Å². The molecule has 0 fully saturated rings. The highest BCUT2D eigenvalue weighted by Crippen LogP contribution is 2.20. The number of sulfone groups is 1. The second kappa shape index (κ2) is 6.26. The third-order valence-electron chi connectivity index (χ3n) is 3.93. The maximum absolute atomic E-state index is 13.3. The van der Waals surface area contributed by atoms with Crippen LogP contribution in [0.5, 0.6) is 0 Å². The molecule has 0 amide bonds. The van der Waals surface area contributed by atoms with Gasteiger partial charge in [0.05, 0.1) is 5.69 Å². The number of halogens is 3. The third-order valence-corrected chi connectivity index (χ3v) is 4.83. The second-order valence-corrected chi connectivity index (χ2v) is 7.83. The molecule has 6 nitrogen and oxygen atoms in total. The van der Waals surface area contributed by atoms with Gasteiger partial charge in [0.25, 0.3) is 5.56 Å². The zero-order valence-electron chi connectivity index (χ0n) is 13.1. The van der Waals surface area contributed by atoms with Gasteiger partial charge in [-0.25, -0.2) is 26.6 Å². The Kier molecular flexibility index (Phi) is 4.41. The van der Waals surface area contributed by atoms with Gasteiger partial charge in [-0.05, 0) is 24.1 Å². The first kappa shape index (κ1) is 17.6. The van der Waals surface area contributed by atoms with Crippen LogP contribution in [-0.4, -0.2) is 36.1 Å². The first-order valence-electron chi connectivity index (χ1n) is 7.33. The molecule has 25 heavy (non-hydrogen) atoms. The fourth-order valence-electron chi connectivity index (χ4n) is 2.74. The monoisotopic (exact) mass is 373 g/mol. The topological polar surface area (TPSA) is 83.1 Å². The minimum atomic E-state index is -3.68. The van der Waals surface area contributed by atoms with E-state index in [4.69, 9.17) is 0 Å². The van der Waals surface area contributed by atoms with Crippen LogP contribution >= 0.6 is 0 Å². The summed E-state index contributed by atoms with van der Waals surface area (Å²) in [5, 5.41) is -0.419. The zero-order chi connectivity index (χ0) is 18.4. The van der Waals surface area contributed by atoms with Crippen LogP contribution in [0.3, 0.4) is 0 Å². The molecule has 3 rings (SSSR count). The van der Waals surface area contributed by atoms with Crippen LogP contribution in [-0.2, 0) is 29.3 Å². The Morgan fingerprint density at radius 2 is 1.88 bits per heavy atom. The summed E-state index contributed by atoms with van der Waals surface area (Å²) >= 11 is 0. The lowest BCUT2D eigenvalue weighted by Crippen LogP contribution is -2.35. The molecule has 0 saturated heterocycles. The highest BCUT2D eigenvalue weighted by molar-refractivity contribution is 7.90. The summed E-state index contributed by atoms with van der Waals surface area (Å²) in [6, 6.07) is 1.81. The van der Waals surface area contributed by atoms with E-state index in [2.05, 4.69) is 9.97 Å². The molecule has 134 valence electrons. The van der Waals surface area contributed by atoms with E-state index in [1.165, 1.54) is 0 Å². The van der Waals surface area contributed by atoms with Gasteiger partial charge in [-0.15, -0.1) is 0 Å². The van der Waals surface area contributed by atoms with Crippen LogP contribution in [0.2, 0.25) is 0 Å². The van der Waals surface area contributed by atoms with Gasteiger partial charge in [-0.1, -0.05) is 0 Å². The Balaban J connectivity index is 1.88. The molecule has 0 atom stereocenters. The number of rotatable bonds is 3. The summed E-state index contributed by atoms with van der Waals surface area (Å²) < 4.78 is 62.8. The fourth-order valence-corrected chi connectivity index (χ4v) is 3.29. The molecule has 1 aliphatic heterocycles. The van der Waals surface area contributed by atoms with Crippen LogP contribution in [0.1, 0.15) is 16.8 Å². The number of aromatic nitrogens is 2. The number of fused-ring (bicyclic) bond motifs is 1. The fraction of sp³-hybridized carbons (Fsp3) is 0.333. The summed E-state index contributed by atoms with van der Waals surface area (Å²) in [6.07, 6.45) is 1.25. The Morgan fingerprint density at radius 3 is 2.48 bits per heavy atom. The van der Waals surface area contributed by atoms with Crippen molar-refractivity contribution in [3.05, 3.63) is 56.8 Å². The quantitative estimate of drug-likeness (QED) is 0.645. The highest BCUT2D eigenvalue weighted by Gasteiger charge is 2.24. The molecule has 0 aliphatic carbocycles. The SMILES string of the molecule is CS(=O)(=O)c1nc2c(c(=O)[nH]1)CCN(Cc1cc(F)c(F)c(F)c1)C2. The highest BCUT2D eigenvalue weighted by atomic mass is 32.2. The molecule has 1 N–H and O–H groups in total. The Bertz CT molecular complexity index is 982. The number of aromatic amines is 1. The van der Waals surface area contributed by atoms with E-state index >= 15 is 0 Å². The average Bonchev–Trinajstić information content (AvgIpc) is 2.51. The van der Waals surface area contributed by atoms with Crippen LogP contribution < -0.4 is 5.56 Å². The number of benzene rings is 1. The first-order valence-corrected chi connectivity index (χ1v) is 9.22. The van der Waals surface area contributed by atoms with Crippen molar-refractivity contribution in [1.29, 1.82) is 0 Å². The number of H-pyrrole nitrogens is 1. The van der Waals surface area contributed by atoms with Crippen molar-refractivity contribution >= 4 is 9.84 Å². The molecule has 1 aromatic heterocycles. The number of hydrogen-bond acceptors (Lipinski definition) is 5. The van der Waals surface area contributed by atoms with Gasteiger partial charge in [0.2, 0.25) is 15.0 Å². The predicted molar refractivity (Wildman–Crippen MR) is 82.1 cm³/mol. The van der Waals surface area contributed by atoms with Gasteiger partial charge in [-0.3, -0.25) is 14.7 Å². The lowest BCUT2D eigenvalue weighted by atomic mass is 10.1. The minimum Gasteiger partial charge on any atom is -0.297 e. The second-order valence-electron chi connectivity index (χ2n) is 5.90. The maximum atomic E-state index is 13.3. The van der Waals surface area contributed by atoms with Crippen LogP contribution in [0, 0.1) is 17.5 Å². The van der Waals surface area contributed by atoms with Gasteiger partial charge in [-0.2, -0.15) is 0 Å². The van der Waals surface area contributed by atoms with Crippen molar-refractivity contribution < 1.29 is 21.6 Å². The van der Waals surface area contributed by atoms with Gasteiger partial charge in [0.1, 0.15) is 0 Å². The molecule has 0 saturated carbocycles. The maximum Gasteiger partial charge on any atom is 0.255 e. The van der Waals surface area contributed by atoms with Crippen LogP contribution in [0.15, 0.2) is 22.1 Å². The molecule has 0 bridgehead atoms. The lowest BCUT2D eigenvalue weighted by molar-refractivity contribution is 0.238.